The van der Waals surface area contributed by atoms with Crippen molar-refractivity contribution >= 4 is 23.0 Å². The third-order valence-corrected chi connectivity index (χ3v) is 2.67. The predicted molar refractivity (Wildman–Crippen MR) is 64.2 cm³/mol. The normalized spacial score (nSPS) is 13.5. The van der Waals surface area contributed by atoms with Crippen molar-refractivity contribution in [1.82, 2.24) is 0 Å². The molecule has 6 nitrogen and oxygen atoms in total. The second-order valence-corrected chi connectivity index (χ2v) is 4.00. The molecule has 0 fully saturated rings. The molecule has 6 heteroatoms. The molecule has 0 spiro atoms. The molecule has 1 heterocycles. The molecule has 1 aromatic rings. The summed E-state index contributed by atoms with van der Waals surface area (Å²) < 4.78 is 0. The molecule has 17 heavy (non-hydrogen) atoms. The van der Waals surface area contributed by atoms with Crippen LogP contribution in [0.25, 0.3) is 0 Å². The summed E-state index contributed by atoms with van der Waals surface area (Å²) >= 11 is 0. The van der Waals surface area contributed by atoms with Crippen LogP contribution in [0.3, 0.4) is 0 Å². The van der Waals surface area contributed by atoms with Crippen LogP contribution in [0, 0.1) is 10.1 Å². The van der Waals surface area contributed by atoms with Gasteiger partial charge in [0.1, 0.15) is 5.69 Å². The lowest BCUT2D eigenvalue weighted by molar-refractivity contribution is -0.383. The molecule has 1 aliphatic rings. The van der Waals surface area contributed by atoms with Crippen molar-refractivity contribution in [3.63, 3.8) is 0 Å². The highest BCUT2D eigenvalue weighted by Gasteiger charge is 2.20. The van der Waals surface area contributed by atoms with E-state index in [0.717, 1.165) is 30.6 Å². The van der Waals surface area contributed by atoms with Crippen LogP contribution in [0.2, 0.25) is 0 Å². The van der Waals surface area contributed by atoms with Gasteiger partial charge in [-0.25, -0.2) is 0 Å². The lowest BCUT2D eigenvalue weighted by atomic mass is 10.0. The van der Waals surface area contributed by atoms with Gasteiger partial charge in [-0.05, 0) is 24.5 Å². The van der Waals surface area contributed by atoms with E-state index < -0.39 is 4.92 Å². The standard InChI is InChI=1S/C11H13N3O3/c1-7(15)13-10-5-8-3-2-4-12-9(8)6-11(10)14(16)17/h5-6,12H,2-4H2,1H3,(H,13,15). The van der Waals surface area contributed by atoms with E-state index in [2.05, 4.69) is 10.6 Å². The average molecular weight is 235 g/mol. The number of amides is 1. The summed E-state index contributed by atoms with van der Waals surface area (Å²) in [5.41, 5.74) is 1.99. The van der Waals surface area contributed by atoms with E-state index in [0.29, 0.717) is 0 Å². The van der Waals surface area contributed by atoms with Crippen molar-refractivity contribution in [3.05, 3.63) is 27.8 Å². The number of nitro benzene ring substituents is 1. The quantitative estimate of drug-likeness (QED) is 0.605. The van der Waals surface area contributed by atoms with Gasteiger partial charge in [-0.1, -0.05) is 0 Å². The van der Waals surface area contributed by atoms with Crippen molar-refractivity contribution in [3.8, 4) is 0 Å². The Balaban J connectivity index is 2.47. The molecule has 0 radical (unpaired) electrons. The van der Waals surface area contributed by atoms with Crippen molar-refractivity contribution in [2.45, 2.75) is 19.8 Å². The molecular weight excluding hydrogens is 222 g/mol. The summed E-state index contributed by atoms with van der Waals surface area (Å²) in [6.07, 6.45) is 1.86. The Morgan fingerprint density at radius 2 is 2.29 bits per heavy atom. The first-order valence-corrected chi connectivity index (χ1v) is 5.40. The maximum atomic E-state index is 11.0. The number of hydrogen-bond acceptors (Lipinski definition) is 4. The molecule has 0 saturated heterocycles. The van der Waals surface area contributed by atoms with E-state index in [1.165, 1.54) is 13.0 Å². The Bertz CT molecular complexity index is 485. The van der Waals surface area contributed by atoms with Gasteiger partial charge >= 0.3 is 0 Å². The minimum atomic E-state index is -0.484. The fraction of sp³-hybridized carbons (Fsp3) is 0.364. The first kappa shape index (κ1) is 11.4. The highest BCUT2D eigenvalue weighted by molar-refractivity contribution is 5.92. The molecule has 1 amide bonds. The van der Waals surface area contributed by atoms with Crippen LogP contribution in [-0.4, -0.2) is 17.4 Å². The van der Waals surface area contributed by atoms with E-state index in [1.54, 1.807) is 6.07 Å². The maximum absolute atomic E-state index is 11.0. The van der Waals surface area contributed by atoms with Gasteiger partial charge in [0.2, 0.25) is 5.91 Å². The minimum Gasteiger partial charge on any atom is -0.385 e. The summed E-state index contributed by atoms with van der Waals surface area (Å²) in [5.74, 6) is -0.309. The number of carbonyl (C=O) groups excluding carboxylic acids is 1. The number of carbonyl (C=O) groups is 1. The number of anilines is 2. The minimum absolute atomic E-state index is 0.0756. The van der Waals surface area contributed by atoms with Crippen LogP contribution in [-0.2, 0) is 11.2 Å². The highest BCUT2D eigenvalue weighted by atomic mass is 16.6. The zero-order valence-electron chi connectivity index (χ0n) is 9.45. The maximum Gasteiger partial charge on any atom is 0.294 e. The van der Waals surface area contributed by atoms with Crippen molar-refractivity contribution in [2.24, 2.45) is 0 Å². The van der Waals surface area contributed by atoms with Gasteiger partial charge in [0.05, 0.1) is 4.92 Å². The van der Waals surface area contributed by atoms with E-state index in [4.69, 9.17) is 0 Å². The Hall–Kier alpha value is -2.11. The summed E-state index contributed by atoms with van der Waals surface area (Å²) in [4.78, 5) is 21.4. The van der Waals surface area contributed by atoms with Crippen LogP contribution < -0.4 is 10.6 Å². The second-order valence-electron chi connectivity index (χ2n) is 4.00. The monoisotopic (exact) mass is 235 g/mol. The molecule has 0 aromatic heterocycles. The molecule has 90 valence electrons. The third-order valence-electron chi connectivity index (χ3n) is 2.67. The number of benzene rings is 1. The highest BCUT2D eigenvalue weighted by Crippen LogP contribution is 2.33. The van der Waals surface area contributed by atoms with Gasteiger partial charge in [0.15, 0.2) is 0 Å². The van der Waals surface area contributed by atoms with Crippen molar-refractivity contribution in [2.75, 3.05) is 17.2 Å². The fourth-order valence-electron chi connectivity index (χ4n) is 1.95. The third kappa shape index (κ3) is 2.35. The lowest BCUT2D eigenvalue weighted by Gasteiger charge is -2.18. The predicted octanol–water partition coefficient (Wildman–Crippen LogP) is 1.91. The van der Waals surface area contributed by atoms with Crippen LogP contribution in [0.4, 0.5) is 17.1 Å². The van der Waals surface area contributed by atoms with Crippen molar-refractivity contribution < 1.29 is 9.72 Å². The Morgan fingerprint density at radius 1 is 1.53 bits per heavy atom. The van der Waals surface area contributed by atoms with Gasteiger partial charge in [0.25, 0.3) is 5.69 Å². The van der Waals surface area contributed by atoms with E-state index >= 15 is 0 Å². The van der Waals surface area contributed by atoms with Gasteiger partial charge < -0.3 is 10.6 Å². The zero-order chi connectivity index (χ0) is 12.4. The molecule has 0 bridgehead atoms. The molecule has 0 saturated carbocycles. The summed E-state index contributed by atoms with van der Waals surface area (Å²) in [6.45, 7) is 2.16. The first-order chi connectivity index (χ1) is 8.08. The lowest BCUT2D eigenvalue weighted by Crippen LogP contribution is -2.14. The summed E-state index contributed by atoms with van der Waals surface area (Å²) in [5, 5.41) is 16.5. The number of nitrogens with zero attached hydrogens (tertiary/aromatic N) is 1. The number of rotatable bonds is 2. The molecule has 0 aliphatic carbocycles. The fourth-order valence-corrected chi connectivity index (χ4v) is 1.95. The average Bonchev–Trinajstić information content (AvgIpc) is 2.27. The summed E-state index contributed by atoms with van der Waals surface area (Å²) in [7, 11) is 0. The molecule has 1 aromatic carbocycles. The molecule has 2 N–H and O–H groups in total. The number of nitrogens with one attached hydrogen (secondary N) is 2. The Morgan fingerprint density at radius 3 is 2.94 bits per heavy atom. The molecule has 0 atom stereocenters. The van der Waals surface area contributed by atoms with E-state index in [1.807, 2.05) is 0 Å². The van der Waals surface area contributed by atoms with Gasteiger partial charge in [0, 0.05) is 25.2 Å². The number of fused-ring (bicyclic) bond motifs is 1. The first-order valence-electron chi connectivity index (χ1n) is 5.40. The Kier molecular flexibility index (Phi) is 2.95. The van der Waals surface area contributed by atoms with Gasteiger partial charge in [-0.2, -0.15) is 0 Å². The second kappa shape index (κ2) is 4.40. The van der Waals surface area contributed by atoms with Gasteiger partial charge in [-0.15, -0.1) is 0 Å². The molecular formula is C11H13N3O3. The van der Waals surface area contributed by atoms with Gasteiger partial charge in [-0.3, -0.25) is 14.9 Å². The van der Waals surface area contributed by atoms with E-state index in [-0.39, 0.29) is 17.3 Å². The molecule has 0 unspecified atom stereocenters. The van der Waals surface area contributed by atoms with Crippen LogP contribution in [0.1, 0.15) is 18.9 Å². The number of aryl methyl sites for hydroxylation is 1. The SMILES string of the molecule is CC(=O)Nc1cc2c(cc1[N+](=O)[O-])NCCC2. The van der Waals surface area contributed by atoms with Crippen LogP contribution in [0.15, 0.2) is 12.1 Å². The zero-order valence-corrected chi connectivity index (χ0v) is 9.45. The van der Waals surface area contributed by atoms with Crippen LogP contribution in [0.5, 0.6) is 0 Å². The Labute approximate surface area is 98.2 Å². The van der Waals surface area contributed by atoms with Crippen LogP contribution >= 0.6 is 0 Å². The summed E-state index contributed by atoms with van der Waals surface area (Å²) in [6, 6.07) is 3.17. The number of hydrogen-bond donors (Lipinski definition) is 2. The van der Waals surface area contributed by atoms with Crippen molar-refractivity contribution in [1.29, 1.82) is 0 Å². The number of nitro groups is 1. The molecule has 1 aliphatic heterocycles. The molecule has 2 rings (SSSR count). The largest absolute Gasteiger partial charge is 0.385 e. The topological polar surface area (TPSA) is 84.3 Å². The smallest absolute Gasteiger partial charge is 0.294 e. The van der Waals surface area contributed by atoms with E-state index in [9.17, 15) is 14.9 Å².